The summed E-state index contributed by atoms with van der Waals surface area (Å²) in [6.45, 7) is 1.07. The van der Waals surface area contributed by atoms with Crippen molar-refractivity contribution >= 4 is 39.1 Å². The molecule has 0 spiro atoms. The minimum Gasteiger partial charge on any atom is -0.493 e. The van der Waals surface area contributed by atoms with Crippen LogP contribution in [0.2, 0.25) is 10.0 Å². The lowest BCUT2D eigenvalue weighted by Gasteiger charge is -2.23. The number of ether oxygens (including phenoxy) is 2. The largest absolute Gasteiger partial charge is 0.493 e. The Morgan fingerprint density at radius 3 is 2.45 bits per heavy atom. The van der Waals surface area contributed by atoms with Gasteiger partial charge in [0.05, 0.1) is 7.11 Å². The van der Waals surface area contributed by atoms with E-state index in [2.05, 4.69) is 21.2 Å². The highest BCUT2D eigenvalue weighted by Crippen LogP contribution is 2.37. The number of benzene rings is 2. The molecule has 0 radical (unpaired) electrons. The molecular formula is C23H28BrCl2NO2. The van der Waals surface area contributed by atoms with Crippen LogP contribution in [0, 0.1) is 0 Å². The van der Waals surface area contributed by atoms with Gasteiger partial charge >= 0.3 is 0 Å². The van der Waals surface area contributed by atoms with Crippen molar-refractivity contribution in [1.82, 2.24) is 5.32 Å². The molecule has 1 saturated carbocycles. The monoisotopic (exact) mass is 499 g/mol. The maximum atomic E-state index is 6.31. The van der Waals surface area contributed by atoms with Crippen LogP contribution in [0.25, 0.3) is 0 Å². The summed E-state index contributed by atoms with van der Waals surface area (Å²) in [7, 11) is 1.66. The molecule has 0 saturated heterocycles. The Hall–Kier alpha value is -0.940. The quantitative estimate of drug-likeness (QED) is 0.425. The topological polar surface area (TPSA) is 30.5 Å². The molecule has 6 heteroatoms. The lowest BCUT2D eigenvalue weighted by atomic mass is 9.96. The minimum absolute atomic E-state index is 0.346. The number of methoxy groups -OCH3 is 1. The molecule has 3 rings (SSSR count). The summed E-state index contributed by atoms with van der Waals surface area (Å²) < 4.78 is 12.8. The summed E-state index contributed by atoms with van der Waals surface area (Å²) in [6, 6.07) is 9.92. The average Bonchev–Trinajstić information content (AvgIpc) is 2.67. The summed E-state index contributed by atoms with van der Waals surface area (Å²) in [5.74, 6) is 1.46. The summed E-state index contributed by atoms with van der Waals surface area (Å²) in [5.41, 5.74) is 1.95. The molecule has 158 valence electrons. The van der Waals surface area contributed by atoms with E-state index < -0.39 is 0 Å². The van der Waals surface area contributed by atoms with Crippen LogP contribution in [0.4, 0.5) is 0 Å². The Kier molecular flexibility index (Phi) is 8.98. The Morgan fingerprint density at radius 1 is 1.03 bits per heavy atom. The van der Waals surface area contributed by atoms with Crippen molar-refractivity contribution in [3.8, 4) is 11.5 Å². The molecule has 1 N–H and O–H groups in total. The van der Waals surface area contributed by atoms with Crippen LogP contribution < -0.4 is 14.8 Å². The number of rotatable bonds is 7. The van der Waals surface area contributed by atoms with Crippen molar-refractivity contribution in [2.45, 2.75) is 64.1 Å². The molecule has 1 fully saturated rings. The Labute approximate surface area is 192 Å². The molecule has 0 heterocycles. The SMILES string of the molecule is COc1ccc(Br)c(CNC2CCCCCCC2)c1OCc1ccc(Cl)cc1Cl. The van der Waals surface area contributed by atoms with Crippen LogP contribution in [-0.2, 0) is 13.2 Å². The average molecular weight is 501 g/mol. The Bertz CT molecular complexity index is 808. The molecule has 2 aromatic rings. The fraction of sp³-hybridized carbons (Fsp3) is 0.478. The third-order valence-corrected chi connectivity index (χ3v) is 6.78. The van der Waals surface area contributed by atoms with Gasteiger partial charge in [0.2, 0.25) is 0 Å². The van der Waals surface area contributed by atoms with Gasteiger partial charge in [-0.2, -0.15) is 0 Å². The van der Waals surface area contributed by atoms with Crippen LogP contribution >= 0.6 is 39.1 Å². The molecule has 29 heavy (non-hydrogen) atoms. The summed E-state index contributed by atoms with van der Waals surface area (Å²) >= 11 is 16.0. The maximum Gasteiger partial charge on any atom is 0.167 e. The van der Waals surface area contributed by atoms with Gasteiger partial charge in [-0.1, -0.05) is 77.3 Å². The van der Waals surface area contributed by atoms with Crippen molar-refractivity contribution in [1.29, 1.82) is 0 Å². The smallest absolute Gasteiger partial charge is 0.167 e. The van der Waals surface area contributed by atoms with E-state index >= 15 is 0 Å². The van der Waals surface area contributed by atoms with E-state index in [1.807, 2.05) is 24.3 Å². The fourth-order valence-electron chi connectivity index (χ4n) is 3.76. The summed E-state index contributed by atoms with van der Waals surface area (Å²) in [6.07, 6.45) is 9.13. The fourth-order valence-corrected chi connectivity index (χ4v) is 4.68. The lowest BCUT2D eigenvalue weighted by molar-refractivity contribution is 0.279. The van der Waals surface area contributed by atoms with E-state index in [4.69, 9.17) is 32.7 Å². The first-order valence-electron chi connectivity index (χ1n) is 10.2. The van der Waals surface area contributed by atoms with Gasteiger partial charge in [0.15, 0.2) is 11.5 Å². The third kappa shape index (κ3) is 6.52. The molecule has 2 aromatic carbocycles. The zero-order chi connectivity index (χ0) is 20.6. The first-order chi connectivity index (χ1) is 14.1. The zero-order valence-electron chi connectivity index (χ0n) is 16.8. The molecule has 0 unspecified atom stereocenters. The number of halogens is 3. The van der Waals surface area contributed by atoms with Crippen LogP contribution in [-0.4, -0.2) is 13.2 Å². The third-order valence-electron chi connectivity index (χ3n) is 5.45. The van der Waals surface area contributed by atoms with Gasteiger partial charge in [-0.05, 0) is 37.1 Å². The second-order valence-corrected chi connectivity index (χ2v) is 9.20. The van der Waals surface area contributed by atoms with Gasteiger partial charge in [0.1, 0.15) is 6.61 Å². The van der Waals surface area contributed by atoms with E-state index in [1.54, 1.807) is 13.2 Å². The second kappa shape index (κ2) is 11.5. The normalized spacial score (nSPS) is 15.6. The summed E-state index contributed by atoms with van der Waals surface area (Å²) in [5, 5.41) is 4.96. The van der Waals surface area contributed by atoms with Gasteiger partial charge in [0, 0.05) is 38.2 Å². The number of hydrogen-bond donors (Lipinski definition) is 1. The van der Waals surface area contributed by atoms with Crippen molar-refractivity contribution in [2.24, 2.45) is 0 Å². The Morgan fingerprint density at radius 2 is 1.76 bits per heavy atom. The summed E-state index contributed by atoms with van der Waals surface area (Å²) in [4.78, 5) is 0. The van der Waals surface area contributed by atoms with Crippen molar-refractivity contribution in [3.05, 3.63) is 56.0 Å². The van der Waals surface area contributed by atoms with Crippen LogP contribution in [0.3, 0.4) is 0 Å². The van der Waals surface area contributed by atoms with Gasteiger partial charge in [-0.3, -0.25) is 0 Å². The second-order valence-electron chi connectivity index (χ2n) is 7.50. The van der Waals surface area contributed by atoms with Crippen molar-refractivity contribution < 1.29 is 9.47 Å². The maximum absolute atomic E-state index is 6.31. The van der Waals surface area contributed by atoms with Crippen LogP contribution in [0.5, 0.6) is 11.5 Å². The molecule has 0 aromatic heterocycles. The minimum atomic E-state index is 0.346. The predicted molar refractivity (Wildman–Crippen MR) is 124 cm³/mol. The van der Waals surface area contributed by atoms with Crippen LogP contribution in [0.1, 0.15) is 56.1 Å². The number of nitrogens with one attached hydrogen (secondary N) is 1. The van der Waals surface area contributed by atoms with Gasteiger partial charge in [-0.15, -0.1) is 0 Å². The van der Waals surface area contributed by atoms with Crippen molar-refractivity contribution in [2.75, 3.05) is 7.11 Å². The van der Waals surface area contributed by atoms with Gasteiger partial charge < -0.3 is 14.8 Å². The lowest BCUT2D eigenvalue weighted by Crippen LogP contribution is -2.29. The molecule has 3 nitrogen and oxygen atoms in total. The zero-order valence-corrected chi connectivity index (χ0v) is 19.9. The highest BCUT2D eigenvalue weighted by molar-refractivity contribution is 9.10. The van der Waals surface area contributed by atoms with Crippen LogP contribution in [0.15, 0.2) is 34.8 Å². The molecule has 0 aliphatic heterocycles. The van der Waals surface area contributed by atoms with E-state index in [-0.39, 0.29) is 0 Å². The van der Waals surface area contributed by atoms with Gasteiger partial charge in [-0.25, -0.2) is 0 Å². The van der Waals surface area contributed by atoms with E-state index in [1.165, 1.54) is 44.9 Å². The molecule has 0 atom stereocenters. The molecule has 1 aliphatic carbocycles. The van der Waals surface area contributed by atoms with Gasteiger partial charge in [0.25, 0.3) is 0 Å². The molecule has 1 aliphatic rings. The highest BCUT2D eigenvalue weighted by atomic mass is 79.9. The standard InChI is InChI=1S/C23H28BrCl2NO2/c1-28-22-12-11-20(24)19(14-27-18-7-5-3-2-4-6-8-18)23(22)29-15-16-9-10-17(25)13-21(16)26/h9-13,18,27H,2-8,14-15H2,1H3. The number of hydrogen-bond acceptors (Lipinski definition) is 3. The Balaban J connectivity index is 1.75. The van der Waals surface area contributed by atoms with E-state index in [0.29, 0.717) is 28.4 Å². The highest BCUT2D eigenvalue weighted by Gasteiger charge is 2.18. The molecule has 0 amide bonds. The van der Waals surface area contributed by atoms with E-state index in [0.717, 1.165) is 27.9 Å². The molecule has 0 bridgehead atoms. The molecular weight excluding hydrogens is 473 g/mol. The first kappa shape index (κ1) is 22.7. The van der Waals surface area contributed by atoms with Crippen molar-refractivity contribution in [3.63, 3.8) is 0 Å². The predicted octanol–water partition coefficient (Wildman–Crippen LogP) is 7.55. The first-order valence-corrected chi connectivity index (χ1v) is 11.8. The van der Waals surface area contributed by atoms with E-state index in [9.17, 15) is 0 Å².